The first-order valence-electron chi connectivity index (χ1n) is 6.70. The molecule has 1 saturated heterocycles. The van der Waals surface area contributed by atoms with Gasteiger partial charge in [-0.25, -0.2) is 0 Å². The third-order valence-electron chi connectivity index (χ3n) is 3.32. The molecule has 0 aromatic heterocycles. The summed E-state index contributed by atoms with van der Waals surface area (Å²) in [5, 5.41) is 0. The van der Waals surface area contributed by atoms with Crippen molar-refractivity contribution in [3.05, 3.63) is 29.8 Å². The molecule has 0 aliphatic carbocycles. The zero-order valence-corrected chi connectivity index (χ0v) is 12.9. The van der Waals surface area contributed by atoms with E-state index < -0.39 is 0 Å². The molecule has 0 saturated carbocycles. The first kappa shape index (κ1) is 14.1. The third kappa shape index (κ3) is 3.86. The number of unbranched alkanes of at least 4 members (excludes halogenated alkanes) is 1. The van der Waals surface area contributed by atoms with Crippen LogP contribution < -0.4 is 4.74 Å². The van der Waals surface area contributed by atoms with Crippen LogP contribution in [0.1, 0.15) is 36.3 Å². The van der Waals surface area contributed by atoms with E-state index in [1.165, 1.54) is 36.3 Å². The van der Waals surface area contributed by atoms with Crippen molar-refractivity contribution >= 4 is 23.5 Å². The fourth-order valence-electron chi connectivity index (χ4n) is 2.16. The van der Waals surface area contributed by atoms with Gasteiger partial charge in [0.25, 0.3) is 0 Å². The highest BCUT2D eigenvalue weighted by atomic mass is 32.2. The van der Waals surface area contributed by atoms with Crippen molar-refractivity contribution in [1.29, 1.82) is 0 Å². The highest BCUT2D eigenvalue weighted by Gasteiger charge is 2.22. The van der Waals surface area contributed by atoms with Crippen molar-refractivity contribution in [2.45, 2.75) is 30.8 Å². The minimum Gasteiger partial charge on any atom is -0.497 e. The summed E-state index contributed by atoms with van der Waals surface area (Å²) < 4.78 is 5.82. The van der Waals surface area contributed by atoms with Crippen LogP contribution in [-0.2, 0) is 0 Å². The molecule has 1 nitrogen and oxygen atoms in total. The predicted octanol–water partition coefficient (Wildman–Crippen LogP) is 4.98. The van der Waals surface area contributed by atoms with Crippen molar-refractivity contribution in [3.8, 4) is 5.75 Å². The number of methoxy groups -OCH3 is 1. The van der Waals surface area contributed by atoms with Gasteiger partial charge in [0, 0.05) is 0 Å². The van der Waals surface area contributed by atoms with Gasteiger partial charge in [0.2, 0.25) is 0 Å². The molecule has 1 aliphatic heterocycles. The highest BCUT2D eigenvalue weighted by Crippen LogP contribution is 2.46. The fourth-order valence-corrected chi connectivity index (χ4v) is 5.32. The molecule has 0 bridgehead atoms. The highest BCUT2D eigenvalue weighted by molar-refractivity contribution is 8.16. The molecule has 1 aromatic carbocycles. The van der Waals surface area contributed by atoms with Crippen molar-refractivity contribution in [2.75, 3.05) is 18.6 Å². The quantitative estimate of drug-likeness (QED) is 0.753. The van der Waals surface area contributed by atoms with E-state index in [-0.39, 0.29) is 0 Å². The van der Waals surface area contributed by atoms with Crippen LogP contribution >= 0.6 is 23.5 Å². The van der Waals surface area contributed by atoms with Crippen LogP contribution in [0.15, 0.2) is 24.3 Å². The normalized spacial score (nSPS) is 23.9. The van der Waals surface area contributed by atoms with Crippen LogP contribution in [0.25, 0.3) is 0 Å². The molecular formula is C15H22OS2. The lowest BCUT2D eigenvalue weighted by Crippen LogP contribution is -2.14. The summed E-state index contributed by atoms with van der Waals surface area (Å²) in [4.78, 5) is 0. The maximum absolute atomic E-state index is 5.20. The Balaban J connectivity index is 1.84. The molecule has 0 radical (unpaired) electrons. The van der Waals surface area contributed by atoms with Crippen LogP contribution in [0.5, 0.6) is 5.75 Å². The van der Waals surface area contributed by atoms with Gasteiger partial charge >= 0.3 is 0 Å². The van der Waals surface area contributed by atoms with E-state index in [1.54, 1.807) is 7.11 Å². The molecule has 0 N–H and O–H groups in total. The van der Waals surface area contributed by atoms with Gasteiger partial charge < -0.3 is 4.74 Å². The van der Waals surface area contributed by atoms with Gasteiger partial charge in [-0.05, 0) is 41.5 Å². The molecule has 1 aromatic rings. The van der Waals surface area contributed by atoms with Crippen molar-refractivity contribution in [1.82, 2.24) is 0 Å². The summed E-state index contributed by atoms with van der Waals surface area (Å²) >= 11 is 4.22. The maximum atomic E-state index is 5.20. The Bertz CT molecular complexity index is 342. The van der Waals surface area contributed by atoms with E-state index in [0.717, 1.165) is 11.7 Å². The van der Waals surface area contributed by atoms with Crippen molar-refractivity contribution in [3.63, 3.8) is 0 Å². The van der Waals surface area contributed by atoms with Crippen LogP contribution in [0, 0.1) is 5.92 Å². The lowest BCUT2D eigenvalue weighted by molar-refractivity contribution is 0.414. The van der Waals surface area contributed by atoms with E-state index in [2.05, 4.69) is 54.7 Å². The third-order valence-corrected chi connectivity index (χ3v) is 6.61. The molecule has 0 spiro atoms. The number of hydrogen-bond acceptors (Lipinski definition) is 3. The summed E-state index contributed by atoms with van der Waals surface area (Å²) in [5.41, 5.74) is 1.43. The Kier molecular flexibility index (Phi) is 5.77. The Morgan fingerprint density at radius 3 is 2.39 bits per heavy atom. The molecular weight excluding hydrogens is 260 g/mol. The van der Waals surface area contributed by atoms with Crippen molar-refractivity contribution < 1.29 is 4.74 Å². The first-order chi connectivity index (χ1) is 8.83. The SMILES string of the molecule is CCCCC1CSC(c2ccc(OC)cc2)SC1. The Morgan fingerprint density at radius 2 is 1.83 bits per heavy atom. The van der Waals surface area contributed by atoms with Gasteiger partial charge in [0.15, 0.2) is 0 Å². The summed E-state index contributed by atoms with van der Waals surface area (Å²) in [6.45, 7) is 2.28. The van der Waals surface area contributed by atoms with Gasteiger partial charge in [-0.1, -0.05) is 31.9 Å². The van der Waals surface area contributed by atoms with Crippen LogP contribution in [0.4, 0.5) is 0 Å². The summed E-state index contributed by atoms with van der Waals surface area (Å²) in [7, 11) is 1.72. The lowest BCUT2D eigenvalue weighted by atomic mass is 10.1. The Hall–Kier alpha value is -0.280. The van der Waals surface area contributed by atoms with Crippen LogP contribution in [-0.4, -0.2) is 18.6 Å². The van der Waals surface area contributed by atoms with Gasteiger partial charge in [-0.3, -0.25) is 0 Å². The molecule has 1 aliphatic rings. The smallest absolute Gasteiger partial charge is 0.118 e. The molecule has 0 atom stereocenters. The van der Waals surface area contributed by atoms with E-state index in [9.17, 15) is 0 Å². The van der Waals surface area contributed by atoms with E-state index in [4.69, 9.17) is 4.74 Å². The molecule has 2 rings (SSSR count). The molecule has 1 fully saturated rings. The topological polar surface area (TPSA) is 9.23 Å². The average Bonchev–Trinajstić information content (AvgIpc) is 2.46. The van der Waals surface area contributed by atoms with E-state index in [0.29, 0.717) is 4.58 Å². The van der Waals surface area contributed by atoms with E-state index >= 15 is 0 Å². The minimum atomic E-state index is 0.619. The van der Waals surface area contributed by atoms with Gasteiger partial charge in [0.05, 0.1) is 11.7 Å². The zero-order valence-electron chi connectivity index (χ0n) is 11.2. The lowest BCUT2D eigenvalue weighted by Gasteiger charge is -2.28. The second-order valence-electron chi connectivity index (χ2n) is 4.78. The van der Waals surface area contributed by atoms with E-state index in [1.807, 2.05) is 0 Å². The molecule has 3 heteroatoms. The zero-order chi connectivity index (χ0) is 12.8. The fraction of sp³-hybridized carbons (Fsp3) is 0.600. The summed E-state index contributed by atoms with van der Waals surface area (Å²) in [6.07, 6.45) is 4.12. The Labute approximate surface area is 119 Å². The Morgan fingerprint density at radius 1 is 1.17 bits per heavy atom. The number of thioether (sulfide) groups is 2. The number of rotatable bonds is 5. The average molecular weight is 282 g/mol. The summed E-state index contributed by atoms with van der Waals surface area (Å²) in [6, 6.07) is 8.55. The molecule has 0 amide bonds. The van der Waals surface area contributed by atoms with Crippen LogP contribution in [0.3, 0.4) is 0 Å². The molecule has 0 unspecified atom stereocenters. The monoisotopic (exact) mass is 282 g/mol. The van der Waals surface area contributed by atoms with Gasteiger partial charge in [-0.2, -0.15) is 0 Å². The van der Waals surface area contributed by atoms with Gasteiger partial charge in [0.1, 0.15) is 5.75 Å². The largest absolute Gasteiger partial charge is 0.497 e. The first-order valence-corrected chi connectivity index (χ1v) is 8.80. The van der Waals surface area contributed by atoms with Crippen LogP contribution in [0.2, 0.25) is 0 Å². The molecule has 18 heavy (non-hydrogen) atoms. The van der Waals surface area contributed by atoms with Gasteiger partial charge in [-0.15, -0.1) is 23.5 Å². The number of hydrogen-bond donors (Lipinski definition) is 0. The minimum absolute atomic E-state index is 0.619. The molecule has 1 heterocycles. The predicted molar refractivity (Wildman–Crippen MR) is 83.7 cm³/mol. The number of benzene rings is 1. The van der Waals surface area contributed by atoms with Crippen molar-refractivity contribution in [2.24, 2.45) is 5.92 Å². The standard InChI is InChI=1S/C15H22OS2/c1-3-4-5-12-10-17-15(18-11-12)13-6-8-14(16-2)9-7-13/h6-9,12,15H,3-5,10-11H2,1-2H3. The molecule has 100 valence electrons. The summed E-state index contributed by atoms with van der Waals surface area (Å²) in [5.74, 6) is 4.52. The maximum Gasteiger partial charge on any atom is 0.118 e. The number of ether oxygens (including phenoxy) is 1. The second-order valence-corrected chi connectivity index (χ2v) is 7.35. The second kappa shape index (κ2) is 7.34.